The molecule has 88 valence electrons. The molecule has 0 spiro atoms. The predicted octanol–water partition coefficient (Wildman–Crippen LogP) is 3.33. The fraction of sp³-hybridized carbons (Fsp3) is 0.538. The number of hydrogen-bond donors (Lipinski definition) is 1. The van der Waals surface area contributed by atoms with Gasteiger partial charge in [-0.05, 0) is 43.5 Å². The van der Waals surface area contributed by atoms with Gasteiger partial charge in [-0.3, -0.25) is 0 Å². The maximum Gasteiger partial charge on any atom is 0.122 e. The SMILES string of the molecule is Cc1cc(Cl)ccc1OCC1(O)CCCC1. The summed E-state index contributed by atoms with van der Waals surface area (Å²) in [5.74, 6) is 0.810. The third-order valence-electron chi connectivity index (χ3n) is 3.17. The number of hydrogen-bond acceptors (Lipinski definition) is 2. The minimum absolute atomic E-state index is 0.384. The molecule has 0 amide bonds. The predicted molar refractivity (Wildman–Crippen MR) is 65.1 cm³/mol. The second-order valence-corrected chi connectivity index (χ2v) is 5.07. The number of aliphatic hydroxyl groups is 1. The van der Waals surface area contributed by atoms with E-state index in [9.17, 15) is 5.11 Å². The van der Waals surface area contributed by atoms with E-state index in [4.69, 9.17) is 16.3 Å². The van der Waals surface area contributed by atoms with Gasteiger partial charge in [0.05, 0.1) is 5.60 Å². The number of benzene rings is 1. The summed E-state index contributed by atoms with van der Waals surface area (Å²) in [7, 11) is 0. The van der Waals surface area contributed by atoms with Crippen LogP contribution in [0.25, 0.3) is 0 Å². The third kappa shape index (κ3) is 2.69. The van der Waals surface area contributed by atoms with Gasteiger partial charge in [0.15, 0.2) is 0 Å². The molecule has 3 heteroatoms. The maximum atomic E-state index is 10.1. The Labute approximate surface area is 101 Å². The topological polar surface area (TPSA) is 29.5 Å². The van der Waals surface area contributed by atoms with Crippen LogP contribution >= 0.6 is 11.6 Å². The summed E-state index contributed by atoms with van der Waals surface area (Å²) < 4.78 is 5.67. The summed E-state index contributed by atoms with van der Waals surface area (Å²) in [5.41, 5.74) is 0.389. The molecule has 1 N–H and O–H groups in total. The van der Waals surface area contributed by atoms with Crippen molar-refractivity contribution in [3.05, 3.63) is 28.8 Å². The molecule has 0 heterocycles. The molecule has 0 aromatic heterocycles. The summed E-state index contributed by atoms with van der Waals surface area (Å²) in [6, 6.07) is 5.54. The molecule has 1 aliphatic carbocycles. The second-order valence-electron chi connectivity index (χ2n) is 4.63. The molecule has 16 heavy (non-hydrogen) atoms. The highest BCUT2D eigenvalue weighted by atomic mass is 35.5. The van der Waals surface area contributed by atoms with Gasteiger partial charge in [0.1, 0.15) is 12.4 Å². The van der Waals surface area contributed by atoms with Gasteiger partial charge in [0, 0.05) is 5.02 Å². The first-order chi connectivity index (χ1) is 7.59. The molecule has 0 atom stereocenters. The number of aryl methyl sites for hydroxylation is 1. The summed E-state index contributed by atoms with van der Waals surface area (Å²) in [6.45, 7) is 2.34. The molecule has 2 nitrogen and oxygen atoms in total. The molecule has 0 unspecified atom stereocenters. The minimum Gasteiger partial charge on any atom is -0.490 e. The van der Waals surface area contributed by atoms with Crippen molar-refractivity contribution in [2.24, 2.45) is 0 Å². The number of ether oxygens (including phenoxy) is 1. The lowest BCUT2D eigenvalue weighted by molar-refractivity contribution is 0.00122. The van der Waals surface area contributed by atoms with E-state index in [1.165, 1.54) is 0 Å². The average molecular weight is 241 g/mol. The Kier molecular flexibility index (Phi) is 3.41. The van der Waals surface area contributed by atoms with E-state index in [1.807, 2.05) is 25.1 Å². The van der Waals surface area contributed by atoms with Crippen molar-refractivity contribution in [2.45, 2.75) is 38.2 Å². The molecular weight excluding hydrogens is 224 g/mol. The molecule has 1 saturated carbocycles. The summed E-state index contributed by atoms with van der Waals surface area (Å²) in [4.78, 5) is 0. The summed E-state index contributed by atoms with van der Waals surface area (Å²) >= 11 is 5.87. The molecule has 1 fully saturated rings. The van der Waals surface area contributed by atoms with Gasteiger partial charge in [-0.1, -0.05) is 24.4 Å². The molecule has 1 aliphatic rings. The fourth-order valence-corrected chi connectivity index (χ4v) is 2.39. The highest BCUT2D eigenvalue weighted by Crippen LogP contribution is 2.31. The van der Waals surface area contributed by atoms with Crippen LogP contribution in [-0.4, -0.2) is 17.3 Å². The van der Waals surface area contributed by atoms with Crippen LogP contribution < -0.4 is 4.74 Å². The molecule has 1 aromatic carbocycles. The Bertz CT molecular complexity index is 370. The lowest BCUT2D eigenvalue weighted by Crippen LogP contribution is -2.32. The van der Waals surface area contributed by atoms with Gasteiger partial charge in [0.2, 0.25) is 0 Å². The number of halogens is 1. The zero-order valence-corrected chi connectivity index (χ0v) is 10.3. The molecule has 0 radical (unpaired) electrons. The van der Waals surface area contributed by atoms with Crippen molar-refractivity contribution in [1.82, 2.24) is 0 Å². The van der Waals surface area contributed by atoms with Crippen molar-refractivity contribution < 1.29 is 9.84 Å². The quantitative estimate of drug-likeness (QED) is 0.878. The Morgan fingerprint density at radius 1 is 1.38 bits per heavy atom. The van der Waals surface area contributed by atoms with Gasteiger partial charge in [-0.15, -0.1) is 0 Å². The Morgan fingerprint density at radius 3 is 2.69 bits per heavy atom. The molecule has 2 rings (SSSR count). The van der Waals surface area contributed by atoms with Gasteiger partial charge < -0.3 is 9.84 Å². The van der Waals surface area contributed by atoms with Gasteiger partial charge in [0.25, 0.3) is 0 Å². The molecular formula is C13H17ClO2. The van der Waals surface area contributed by atoms with Crippen molar-refractivity contribution in [3.8, 4) is 5.75 Å². The average Bonchev–Trinajstić information content (AvgIpc) is 2.64. The number of rotatable bonds is 3. The second kappa shape index (κ2) is 4.64. The van der Waals surface area contributed by atoms with E-state index < -0.39 is 5.60 Å². The Morgan fingerprint density at radius 2 is 2.06 bits per heavy atom. The standard InChI is InChI=1S/C13H17ClO2/c1-10-8-11(14)4-5-12(10)16-9-13(15)6-2-3-7-13/h4-5,8,15H,2-3,6-7,9H2,1H3. The Balaban J connectivity index is 1.99. The first kappa shape index (κ1) is 11.7. The van der Waals surface area contributed by atoms with Crippen LogP contribution in [-0.2, 0) is 0 Å². The highest BCUT2D eigenvalue weighted by Gasteiger charge is 2.31. The largest absolute Gasteiger partial charge is 0.490 e. The van der Waals surface area contributed by atoms with Gasteiger partial charge >= 0.3 is 0 Å². The van der Waals surface area contributed by atoms with Crippen LogP contribution in [0.3, 0.4) is 0 Å². The van der Waals surface area contributed by atoms with Gasteiger partial charge in [-0.25, -0.2) is 0 Å². The smallest absolute Gasteiger partial charge is 0.122 e. The van der Waals surface area contributed by atoms with Crippen LogP contribution in [0.5, 0.6) is 5.75 Å². The van der Waals surface area contributed by atoms with E-state index in [1.54, 1.807) is 0 Å². The molecule has 0 aliphatic heterocycles. The van der Waals surface area contributed by atoms with Crippen LogP contribution in [0.15, 0.2) is 18.2 Å². The van der Waals surface area contributed by atoms with Crippen molar-refractivity contribution in [3.63, 3.8) is 0 Å². The third-order valence-corrected chi connectivity index (χ3v) is 3.40. The summed E-state index contributed by atoms with van der Waals surface area (Å²) in [5, 5.41) is 10.9. The van der Waals surface area contributed by atoms with Crippen LogP contribution in [0.4, 0.5) is 0 Å². The van der Waals surface area contributed by atoms with E-state index >= 15 is 0 Å². The van der Waals surface area contributed by atoms with Crippen molar-refractivity contribution in [2.75, 3.05) is 6.61 Å². The lowest BCUT2D eigenvalue weighted by atomic mass is 10.0. The van der Waals surface area contributed by atoms with Crippen LogP contribution in [0, 0.1) is 6.92 Å². The van der Waals surface area contributed by atoms with Crippen molar-refractivity contribution >= 4 is 11.6 Å². The van der Waals surface area contributed by atoms with Crippen LogP contribution in [0.2, 0.25) is 5.02 Å². The maximum absolute atomic E-state index is 10.1. The van der Waals surface area contributed by atoms with Gasteiger partial charge in [-0.2, -0.15) is 0 Å². The molecule has 0 bridgehead atoms. The monoisotopic (exact) mass is 240 g/mol. The summed E-state index contributed by atoms with van der Waals surface area (Å²) in [6.07, 6.45) is 3.89. The van der Waals surface area contributed by atoms with Crippen molar-refractivity contribution in [1.29, 1.82) is 0 Å². The normalized spacial score (nSPS) is 18.7. The highest BCUT2D eigenvalue weighted by molar-refractivity contribution is 6.30. The lowest BCUT2D eigenvalue weighted by Gasteiger charge is -2.22. The zero-order valence-electron chi connectivity index (χ0n) is 9.50. The van der Waals surface area contributed by atoms with E-state index in [0.29, 0.717) is 11.6 Å². The van der Waals surface area contributed by atoms with E-state index in [-0.39, 0.29) is 0 Å². The van der Waals surface area contributed by atoms with E-state index in [2.05, 4.69) is 0 Å². The first-order valence-electron chi connectivity index (χ1n) is 5.70. The fourth-order valence-electron chi connectivity index (χ4n) is 2.16. The molecule has 1 aromatic rings. The minimum atomic E-state index is -0.619. The first-order valence-corrected chi connectivity index (χ1v) is 6.08. The molecule has 0 saturated heterocycles. The zero-order chi connectivity index (χ0) is 11.6. The van der Waals surface area contributed by atoms with E-state index in [0.717, 1.165) is 37.0 Å². The Hall–Kier alpha value is -0.730. The van der Waals surface area contributed by atoms with Crippen LogP contribution in [0.1, 0.15) is 31.2 Å².